The number of thiocarbonyl (C=S) groups is 1. The number of allylic oxidation sites excluding steroid dienone is 1. The third kappa shape index (κ3) is 9.35. The molecule has 0 spiro atoms. The lowest BCUT2D eigenvalue weighted by Gasteiger charge is -2.39. The Hall–Kier alpha value is -5.71. The summed E-state index contributed by atoms with van der Waals surface area (Å²) in [5, 5.41) is 8.60. The van der Waals surface area contributed by atoms with Crippen molar-refractivity contribution in [1.29, 1.82) is 0 Å². The van der Waals surface area contributed by atoms with E-state index in [1.807, 2.05) is 0 Å². The molecule has 58 heavy (non-hydrogen) atoms. The van der Waals surface area contributed by atoms with Crippen LogP contribution < -0.4 is 25.8 Å². The van der Waals surface area contributed by atoms with Crippen molar-refractivity contribution in [3.63, 3.8) is 0 Å². The number of hydrogen-bond acceptors (Lipinski definition) is 8. The summed E-state index contributed by atoms with van der Waals surface area (Å²) in [6, 6.07) is 9.76. The first-order valence-corrected chi connectivity index (χ1v) is 19.1. The van der Waals surface area contributed by atoms with Gasteiger partial charge in [0, 0.05) is 43.6 Å². The fourth-order valence-corrected chi connectivity index (χ4v) is 7.36. The largest absolute Gasteiger partial charge is 0.419 e. The topological polar surface area (TPSA) is 144 Å². The number of nitrogens with zero attached hydrogens (tertiary/aromatic N) is 4. The number of fused-ring (bicyclic) bond motifs is 1. The molecule has 1 unspecified atom stereocenters. The van der Waals surface area contributed by atoms with Crippen LogP contribution >= 0.6 is 12.2 Å². The van der Waals surface area contributed by atoms with Gasteiger partial charge in [-0.05, 0) is 107 Å². The van der Waals surface area contributed by atoms with Crippen LogP contribution in [0.25, 0.3) is 0 Å². The van der Waals surface area contributed by atoms with Crippen molar-refractivity contribution in [2.45, 2.75) is 83.5 Å². The normalized spacial score (nSPS) is 15.5. The van der Waals surface area contributed by atoms with Gasteiger partial charge < -0.3 is 30.5 Å². The number of unbranched alkanes of at least 4 members (excludes halogenated alkanes) is 1. The van der Waals surface area contributed by atoms with E-state index in [9.17, 15) is 37.1 Å². The second kappa shape index (κ2) is 17.8. The van der Waals surface area contributed by atoms with Crippen LogP contribution in [0, 0.1) is 12.7 Å². The molecular formula is C41H45F4N7O5S. The number of alkyl halides is 3. The molecule has 12 nitrogen and oxygen atoms in total. The average molecular weight is 824 g/mol. The molecule has 0 radical (unpaired) electrons. The number of carbonyl (C=O) groups excluding carboxylic acids is 5. The molecule has 0 bridgehead atoms. The number of aryl methyl sites for hydroxylation is 2. The monoisotopic (exact) mass is 823 g/mol. The van der Waals surface area contributed by atoms with Crippen LogP contribution in [0.3, 0.4) is 0 Å². The second-order valence-corrected chi connectivity index (χ2v) is 15.1. The summed E-state index contributed by atoms with van der Waals surface area (Å²) in [7, 11) is 1.32. The molecule has 308 valence electrons. The second-order valence-electron chi connectivity index (χ2n) is 14.7. The van der Waals surface area contributed by atoms with E-state index < -0.39 is 52.5 Å². The highest BCUT2D eigenvalue weighted by Crippen LogP contribution is 2.38. The number of halogens is 4. The predicted octanol–water partition coefficient (Wildman–Crippen LogP) is 6.47. The Balaban J connectivity index is 1.08. The van der Waals surface area contributed by atoms with E-state index >= 15 is 4.39 Å². The molecule has 17 heteroatoms. The summed E-state index contributed by atoms with van der Waals surface area (Å²) in [5.74, 6) is -3.08. The summed E-state index contributed by atoms with van der Waals surface area (Å²) in [5.41, 5.74) is -0.835. The maximum Gasteiger partial charge on any atom is 0.419 e. The van der Waals surface area contributed by atoms with Crippen molar-refractivity contribution in [3.05, 3.63) is 94.7 Å². The number of carbonyl (C=O) groups is 5. The lowest BCUT2D eigenvalue weighted by Crippen LogP contribution is -2.54. The Labute approximate surface area is 339 Å². The zero-order valence-corrected chi connectivity index (χ0v) is 33.4. The molecule has 2 aliphatic rings. The standard InChI is InChI=1S/C41H45F4N7O5S/c1-24-14-18-30(35(42)34(24)41(43,44)45)50(5)39(58)52(40(3,4)23-53)27-17-16-26(48-22-27)10-8-13-32(54)47-21-7-6-20-46-29-12-9-11-28-33(29)38(57)51(37(28)56)31-19-15-25(2)49-36(31)55/h9,11-12,14,16-18,22-23,31,46H,2,6-8,10,13,15,19-21H2,1,3-5H3,(H,47,54)(H,49,55). The molecule has 2 aromatic carbocycles. The number of aldehydes is 1. The van der Waals surface area contributed by atoms with E-state index in [1.165, 1.54) is 31.1 Å². The lowest BCUT2D eigenvalue weighted by molar-refractivity contribution is -0.140. The minimum absolute atomic E-state index is 0.129. The summed E-state index contributed by atoms with van der Waals surface area (Å²) in [4.78, 5) is 71.6. The molecule has 0 saturated carbocycles. The number of piperidine rings is 1. The Kier molecular flexibility index (Phi) is 13.3. The van der Waals surface area contributed by atoms with Gasteiger partial charge in [0.2, 0.25) is 11.8 Å². The molecule has 1 atom stereocenters. The Morgan fingerprint density at radius 1 is 1.07 bits per heavy atom. The molecule has 4 amide bonds. The number of rotatable bonds is 15. The smallest absolute Gasteiger partial charge is 0.384 e. The Morgan fingerprint density at radius 3 is 2.45 bits per heavy atom. The summed E-state index contributed by atoms with van der Waals surface area (Å²) >= 11 is 5.60. The predicted molar refractivity (Wildman–Crippen MR) is 215 cm³/mol. The van der Waals surface area contributed by atoms with Crippen molar-refractivity contribution in [1.82, 2.24) is 20.5 Å². The maximum atomic E-state index is 15.2. The van der Waals surface area contributed by atoms with Gasteiger partial charge in [0.15, 0.2) is 10.9 Å². The first-order valence-electron chi connectivity index (χ1n) is 18.7. The van der Waals surface area contributed by atoms with Gasteiger partial charge in [0.1, 0.15) is 12.3 Å². The van der Waals surface area contributed by atoms with E-state index in [2.05, 4.69) is 27.5 Å². The van der Waals surface area contributed by atoms with Crippen LogP contribution in [0.15, 0.2) is 60.9 Å². The number of imide groups is 1. The molecule has 1 aromatic heterocycles. The molecule has 3 heterocycles. The fourth-order valence-electron chi connectivity index (χ4n) is 6.92. The highest BCUT2D eigenvalue weighted by atomic mass is 32.1. The van der Waals surface area contributed by atoms with Crippen LogP contribution in [-0.2, 0) is 27.0 Å². The van der Waals surface area contributed by atoms with Gasteiger partial charge in [-0.2, -0.15) is 13.2 Å². The van der Waals surface area contributed by atoms with E-state index in [4.69, 9.17) is 12.2 Å². The first kappa shape index (κ1) is 43.4. The summed E-state index contributed by atoms with van der Waals surface area (Å²) < 4.78 is 56.2. The van der Waals surface area contributed by atoms with E-state index in [0.717, 1.165) is 15.9 Å². The van der Waals surface area contributed by atoms with Gasteiger partial charge in [-0.25, -0.2) is 4.39 Å². The zero-order valence-electron chi connectivity index (χ0n) is 32.6. The quantitative estimate of drug-likeness (QED) is 0.0513. The summed E-state index contributed by atoms with van der Waals surface area (Å²) in [6.07, 6.45) is 0.415. The molecule has 3 N–H and O–H groups in total. The van der Waals surface area contributed by atoms with Crippen molar-refractivity contribution in [2.75, 3.05) is 35.3 Å². The van der Waals surface area contributed by atoms with Crippen LogP contribution in [0.2, 0.25) is 0 Å². The number of pyridine rings is 1. The highest BCUT2D eigenvalue weighted by molar-refractivity contribution is 7.80. The van der Waals surface area contributed by atoms with Crippen LogP contribution in [0.4, 0.5) is 34.6 Å². The summed E-state index contributed by atoms with van der Waals surface area (Å²) in [6.45, 7) is 8.93. The fraction of sp³-hybridized carbons (Fsp3) is 0.390. The van der Waals surface area contributed by atoms with Crippen molar-refractivity contribution in [3.8, 4) is 0 Å². The van der Waals surface area contributed by atoms with E-state index in [0.29, 0.717) is 80.7 Å². The van der Waals surface area contributed by atoms with Gasteiger partial charge in [0.25, 0.3) is 11.8 Å². The van der Waals surface area contributed by atoms with Gasteiger partial charge in [-0.3, -0.25) is 29.1 Å². The van der Waals surface area contributed by atoms with Gasteiger partial charge in [0.05, 0.1) is 39.8 Å². The zero-order chi connectivity index (χ0) is 42.5. The molecule has 1 saturated heterocycles. The SMILES string of the molecule is C=C1CCC(N2C(=O)c3cccc(NCCCCNC(=O)CCCc4ccc(N(C(=S)N(C)c5ccc(C)c(C(F)(F)F)c5F)C(C)(C)C=O)cn4)c3C2=O)C(=O)N1. The number of amides is 4. The van der Waals surface area contributed by atoms with E-state index in [-0.39, 0.29) is 34.1 Å². The Bertz CT molecular complexity index is 2130. The van der Waals surface area contributed by atoms with Crippen LogP contribution in [0.1, 0.15) is 89.9 Å². The van der Waals surface area contributed by atoms with Crippen molar-refractivity contribution >= 4 is 64.3 Å². The van der Waals surface area contributed by atoms with Crippen molar-refractivity contribution in [2.24, 2.45) is 0 Å². The lowest BCUT2D eigenvalue weighted by atomic mass is 10.0. The molecule has 3 aromatic rings. The van der Waals surface area contributed by atoms with Gasteiger partial charge in [-0.1, -0.05) is 18.7 Å². The van der Waals surface area contributed by atoms with Crippen LogP contribution in [0.5, 0.6) is 0 Å². The molecule has 0 aliphatic carbocycles. The molecule has 2 aliphatic heterocycles. The molecule has 1 fully saturated rings. The molecule has 5 rings (SSSR count). The number of hydrogen-bond donors (Lipinski definition) is 3. The van der Waals surface area contributed by atoms with Crippen molar-refractivity contribution < 1.29 is 41.5 Å². The highest BCUT2D eigenvalue weighted by Gasteiger charge is 2.45. The number of nitrogens with one attached hydrogen (secondary N) is 3. The molecular weight excluding hydrogens is 779 g/mol. The van der Waals surface area contributed by atoms with Gasteiger partial charge >= 0.3 is 6.18 Å². The Morgan fingerprint density at radius 2 is 1.79 bits per heavy atom. The third-order valence-electron chi connectivity index (χ3n) is 10.0. The van der Waals surface area contributed by atoms with E-state index in [1.54, 1.807) is 44.2 Å². The minimum Gasteiger partial charge on any atom is -0.384 e. The van der Waals surface area contributed by atoms with Crippen LogP contribution in [-0.4, -0.2) is 76.6 Å². The number of aromatic nitrogens is 1. The maximum absolute atomic E-state index is 15.2. The van der Waals surface area contributed by atoms with Gasteiger partial charge in [-0.15, -0.1) is 0 Å². The average Bonchev–Trinajstić information content (AvgIpc) is 3.42. The number of benzene rings is 2. The minimum atomic E-state index is -4.93. The first-order chi connectivity index (χ1) is 27.4. The third-order valence-corrected chi connectivity index (χ3v) is 10.5. The number of anilines is 3.